The normalized spacial score (nSPS) is 23.9. The maximum absolute atomic E-state index is 12.5. The molecule has 0 radical (unpaired) electrons. The third-order valence-corrected chi connectivity index (χ3v) is 4.33. The molecule has 1 fully saturated rings. The number of nitrogens with one attached hydrogen (secondary N) is 1. The largest absolute Gasteiger partial charge is 0.369 e. The highest BCUT2D eigenvalue weighted by atomic mass is 16.2. The van der Waals surface area contributed by atoms with Gasteiger partial charge in [-0.15, -0.1) is 0 Å². The van der Waals surface area contributed by atoms with E-state index in [-0.39, 0.29) is 17.7 Å². The van der Waals surface area contributed by atoms with E-state index >= 15 is 0 Å². The molecular formula is C15H17N3O3. The number of nitrogens with two attached hydrogens (primary N) is 1. The van der Waals surface area contributed by atoms with Crippen molar-refractivity contribution in [1.29, 1.82) is 0 Å². The second-order valence-corrected chi connectivity index (χ2v) is 6.00. The van der Waals surface area contributed by atoms with Crippen LogP contribution in [0.1, 0.15) is 29.3 Å². The third kappa shape index (κ3) is 2.26. The number of primary amides is 1. The van der Waals surface area contributed by atoms with Gasteiger partial charge in [-0.3, -0.25) is 14.4 Å². The molecule has 110 valence electrons. The van der Waals surface area contributed by atoms with Crippen LogP contribution in [0.25, 0.3) is 0 Å². The van der Waals surface area contributed by atoms with Crippen molar-refractivity contribution in [3.05, 3.63) is 29.3 Å². The van der Waals surface area contributed by atoms with E-state index in [1.165, 1.54) is 0 Å². The number of carbonyl (C=O) groups is 3. The van der Waals surface area contributed by atoms with Crippen LogP contribution in [0.3, 0.4) is 0 Å². The molecule has 2 heterocycles. The molecule has 1 unspecified atom stereocenters. The topological polar surface area (TPSA) is 92.5 Å². The molecular weight excluding hydrogens is 270 g/mol. The van der Waals surface area contributed by atoms with Gasteiger partial charge < -0.3 is 16.0 Å². The standard InChI is InChI=1S/C15H17N3O3/c1-15(14(16)21)4-5-18(8-15)13(20)9-2-3-11-10(6-9)7-12(19)17-11/h2-3,6H,4-5,7-8H2,1H3,(H2,16,21)(H,17,19). The number of hydrogen-bond donors (Lipinski definition) is 2. The Labute approximate surface area is 122 Å². The Morgan fingerprint density at radius 2 is 2.14 bits per heavy atom. The summed E-state index contributed by atoms with van der Waals surface area (Å²) in [5, 5.41) is 2.74. The minimum atomic E-state index is -0.649. The van der Waals surface area contributed by atoms with E-state index in [0.717, 1.165) is 11.3 Å². The Morgan fingerprint density at radius 3 is 2.81 bits per heavy atom. The first-order chi connectivity index (χ1) is 9.89. The summed E-state index contributed by atoms with van der Waals surface area (Å²) in [6, 6.07) is 5.19. The van der Waals surface area contributed by atoms with Crippen LogP contribution in [-0.2, 0) is 16.0 Å². The fraction of sp³-hybridized carbons (Fsp3) is 0.400. The maximum atomic E-state index is 12.5. The lowest BCUT2D eigenvalue weighted by atomic mass is 9.89. The van der Waals surface area contributed by atoms with Gasteiger partial charge in [0.05, 0.1) is 11.8 Å². The average Bonchev–Trinajstić information content (AvgIpc) is 3.00. The van der Waals surface area contributed by atoms with Crippen molar-refractivity contribution in [3.8, 4) is 0 Å². The summed E-state index contributed by atoms with van der Waals surface area (Å²) < 4.78 is 0. The molecule has 21 heavy (non-hydrogen) atoms. The Hall–Kier alpha value is -2.37. The van der Waals surface area contributed by atoms with Crippen molar-refractivity contribution in [2.45, 2.75) is 19.8 Å². The molecule has 0 aromatic heterocycles. The van der Waals surface area contributed by atoms with Crippen LogP contribution in [0.5, 0.6) is 0 Å². The molecule has 1 atom stereocenters. The van der Waals surface area contributed by atoms with E-state index < -0.39 is 5.41 Å². The quantitative estimate of drug-likeness (QED) is 0.830. The van der Waals surface area contributed by atoms with Gasteiger partial charge in [0.25, 0.3) is 5.91 Å². The molecule has 1 aromatic rings. The molecule has 6 nitrogen and oxygen atoms in total. The molecule has 0 spiro atoms. The Balaban J connectivity index is 1.80. The number of fused-ring (bicyclic) bond motifs is 1. The van der Waals surface area contributed by atoms with Gasteiger partial charge >= 0.3 is 0 Å². The Morgan fingerprint density at radius 1 is 1.38 bits per heavy atom. The fourth-order valence-electron chi connectivity index (χ4n) is 2.88. The number of carbonyl (C=O) groups excluding carboxylic acids is 3. The number of benzene rings is 1. The van der Waals surface area contributed by atoms with Crippen molar-refractivity contribution in [1.82, 2.24) is 4.90 Å². The summed E-state index contributed by atoms with van der Waals surface area (Å²) in [4.78, 5) is 37.0. The van der Waals surface area contributed by atoms with Crippen molar-refractivity contribution < 1.29 is 14.4 Å². The van der Waals surface area contributed by atoms with E-state index in [1.807, 2.05) is 0 Å². The number of nitrogens with zero attached hydrogens (tertiary/aromatic N) is 1. The van der Waals surface area contributed by atoms with Crippen LogP contribution in [0.2, 0.25) is 0 Å². The summed E-state index contributed by atoms with van der Waals surface area (Å²) >= 11 is 0. The van der Waals surface area contributed by atoms with Crippen LogP contribution < -0.4 is 11.1 Å². The number of anilines is 1. The van der Waals surface area contributed by atoms with E-state index in [1.54, 1.807) is 30.0 Å². The molecule has 0 saturated carbocycles. The predicted octanol–water partition coefficient (Wildman–Crippen LogP) is 0.519. The zero-order valence-corrected chi connectivity index (χ0v) is 11.8. The van der Waals surface area contributed by atoms with Gasteiger partial charge in [0.15, 0.2) is 0 Å². The third-order valence-electron chi connectivity index (χ3n) is 4.33. The van der Waals surface area contributed by atoms with Gasteiger partial charge in [-0.1, -0.05) is 0 Å². The first-order valence-corrected chi connectivity index (χ1v) is 6.91. The summed E-state index contributed by atoms with van der Waals surface area (Å²) in [6.07, 6.45) is 0.883. The SMILES string of the molecule is CC1(C(N)=O)CCN(C(=O)c2ccc3c(c2)CC(=O)N3)C1. The minimum Gasteiger partial charge on any atom is -0.369 e. The van der Waals surface area contributed by atoms with Gasteiger partial charge in [0.2, 0.25) is 11.8 Å². The van der Waals surface area contributed by atoms with Crippen molar-refractivity contribution in [2.24, 2.45) is 11.1 Å². The minimum absolute atomic E-state index is 0.0583. The van der Waals surface area contributed by atoms with E-state index in [9.17, 15) is 14.4 Å². The molecule has 3 N–H and O–H groups in total. The van der Waals surface area contributed by atoms with Crippen LogP contribution in [0.15, 0.2) is 18.2 Å². The monoisotopic (exact) mass is 287 g/mol. The van der Waals surface area contributed by atoms with Gasteiger partial charge in [0.1, 0.15) is 0 Å². The highest BCUT2D eigenvalue weighted by molar-refractivity contribution is 6.02. The van der Waals surface area contributed by atoms with Crippen molar-refractivity contribution in [3.63, 3.8) is 0 Å². The Bertz CT molecular complexity index is 656. The molecule has 1 aromatic carbocycles. The number of hydrogen-bond acceptors (Lipinski definition) is 3. The lowest BCUT2D eigenvalue weighted by Gasteiger charge is -2.21. The zero-order valence-electron chi connectivity index (χ0n) is 11.8. The first-order valence-electron chi connectivity index (χ1n) is 6.91. The summed E-state index contributed by atoms with van der Waals surface area (Å²) in [6.45, 7) is 2.65. The summed E-state index contributed by atoms with van der Waals surface area (Å²) in [7, 11) is 0. The van der Waals surface area contributed by atoms with Crippen LogP contribution in [0.4, 0.5) is 5.69 Å². The second kappa shape index (κ2) is 4.58. The zero-order chi connectivity index (χ0) is 15.2. The molecule has 3 rings (SSSR count). The molecule has 6 heteroatoms. The average molecular weight is 287 g/mol. The van der Waals surface area contributed by atoms with E-state index in [0.29, 0.717) is 31.5 Å². The molecule has 0 bridgehead atoms. The number of rotatable bonds is 2. The van der Waals surface area contributed by atoms with E-state index in [2.05, 4.69) is 5.32 Å². The van der Waals surface area contributed by atoms with Crippen LogP contribution >= 0.6 is 0 Å². The highest BCUT2D eigenvalue weighted by Gasteiger charge is 2.40. The molecule has 2 aliphatic rings. The first kappa shape index (κ1) is 13.6. The number of likely N-dealkylation sites (tertiary alicyclic amines) is 1. The summed E-state index contributed by atoms with van der Waals surface area (Å²) in [5.41, 5.74) is 6.89. The van der Waals surface area contributed by atoms with Crippen LogP contribution in [-0.4, -0.2) is 35.7 Å². The van der Waals surface area contributed by atoms with E-state index in [4.69, 9.17) is 5.73 Å². The van der Waals surface area contributed by atoms with Gasteiger partial charge in [-0.05, 0) is 37.1 Å². The predicted molar refractivity (Wildman–Crippen MR) is 76.6 cm³/mol. The molecule has 0 aliphatic carbocycles. The molecule has 2 aliphatic heterocycles. The lowest BCUT2D eigenvalue weighted by Crippen LogP contribution is -2.38. The maximum Gasteiger partial charge on any atom is 0.253 e. The van der Waals surface area contributed by atoms with Crippen molar-refractivity contribution >= 4 is 23.4 Å². The van der Waals surface area contributed by atoms with Gasteiger partial charge in [-0.25, -0.2) is 0 Å². The fourth-order valence-corrected chi connectivity index (χ4v) is 2.88. The summed E-state index contributed by atoms with van der Waals surface area (Å²) in [5.74, 6) is -0.555. The van der Waals surface area contributed by atoms with Gasteiger partial charge in [-0.2, -0.15) is 0 Å². The smallest absolute Gasteiger partial charge is 0.253 e. The lowest BCUT2D eigenvalue weighted by molar-refractivity contribution is -0.126. The van der Waals surface area contributed by atoms with Gasteiger partial charge in [0, 0.05) is 24.3 Å². The molecule has 1 saturated heterocycles. The number of amides is 3. The molecule has 3 amide bonds. The van der Waals surface area contributed by atoms with Crippen molar-refractivity contribution in [2.75, 3.05) is 18.4 Å². The Kier molecular flexibility index (Phi) is 2.97. The second-order valence-electron chi connectivity index (χ2n) is 6.00. The van der Waals surface area contributed by atoms with Crippen LogP contribution in [0, 0.1) is 5.41 Å². The highest BCUT2D eigenvalue weighted by Crippen LogP contribution is 2.31.